The number of hydrogen-bond donors (Lipinski definition) is 3. The average molecular weight is 763 g/mol. The summed E-state index contributed by atoms with van der Waals surface area (Å²) in [5.41, 5.74) is -0.199. The molecule has 288 valence electrons. The topological polar surface area (TPSA) is 182 Å². The number of rotatable bonds is 11. The largest absolute Gasteiger partial charge is 0.495 e. The molecule has 3 aromatic rings. The summed E-state index contributed by atoms with van der Waals surface area (Å²) in [6.45, 7) is 9.14. The van der Waals surface area contributed by atoms with Crippen LogP contribution in [0.2, 0.25) is 5.02 Å². The fraction of sp³-hybridized carbons (Fsp3) is 0.564. The number of amides is 3. The van der Waals surface area contributed by atoms with Crippen LogP contribution in [0, 0.1) is 30.1 Å². The summed E-state index contributed by atoms with van der Waals surface area (Å²) >= 11 is 6.77. The van der Waals surface area contributed by atoms with Gasteiger partial charge in [-0.3, -0.25) is 14.6 Å². The molecule has 3 heterocycles. The Kier molecular flexibility index (Phi) is 9.86. The van der Waals surface area contributed by atoms with E-state index >= 15 is 0 Å². The van der Waals surface area contributed by atoms with Gasteiger partial charge in [0.05, 0.1) is 36.8 Å². The molecule has 0 unspecified atom stereocenters. The molecule has 14 nitrogen and oxygen atoms in total. The molecular formula is C39H47ClN6O8. The van der Waals surface area contributed by atoms with Gasteiger partial charge in [0.15, 0.2) is 0 Å². The quantitative estimate of drug-likeness (QED) is 0.230. The fourth-order valence-electron chi connectivity index (χ4n) is 8.20. The number of likely N-dealkylation sites (tertiary alicyclic amines) is 1. The zero-order chi connectivity index (χ0) is 38.7. The van der Waals surface area contributed by atoms with Crippen molar-refractivity contribution in [2.75, 3.05) is 13.7 Å². The summed E-state index contributed by atoms with van der Waals surface area (Å²) in [5, 5.41) is 16.5. The number of pyridine rings is 1. The number of aryl methyl sites for hydroxylation is 1. The van der Waals surface area contributed by atoms with E-state index in [-0.39, 0.29) is 30.0 Å². The summed E-state index contributed by atoms with van der Waals surface area (Å²) < 4.78 is 17.9. The molecule has 8 atom stereocenters. The molecule has 3 amide bonds. The maximum atomic E-state index is 14.6. The number of carbonyl (C=O) groups is 4. The van der Waals surface area contributed by atoms with Crippen LogP contribution in [0.1, 0.15) is 71.9 Å². The lowest BCUT2D eigenvalue weighted by atomic mass is 9.85. The van der Waals surface area contributed by atoms with Crippen LogP contribution in [0.3, 0.4) is 0 Å². The lowest BCUT2D eigenvalue weighted by Gasteiger charge is -2.35. The SMILES string of the molecule is CC[C@@H]1C[C@]1(NC(=O)[C@@H]1C[C@@H](Oc2cc(-c3cncc(C)n3)nc3c(Cl)c(OC)ccc23)CN1C(=O)[C@@H](NC(=O)O[C@@H]1C[C@@H]2C[C@@H]2C1)C(C)(C)C)C(=O)O. The molecule has 2 aromatic heterocycles. The van der Waals surface area contributed by atoms with Gasteiger partial charge in [-0.15, -0.1) is 0 Å². The molecule has 3 saturated carbocycles. The molecule has 1 aliphatic heterocycles. The molecule has 0 spiro atoms. The molecule has 7 rings (SSSR count). The predicted octanol–water partition coefficient (Wildman–Crippen LogP) is 5.32. The van der Waals surface area contributed by atoms with E-state index in [1.807, 2.05) is 34.6 Å². The molecule has 54 heavy (non-hydrogen) atoms. The lowest BCUT2D eigenvalue weighted by molar-refractivity contribution is -0.146. The van der Waals surface area contributed by atoms with E-state index in [0.717, 1.165) is 12.8 Å². The predicted molar refractivity (Wildman–Crippen MR) is 198 cm³/mol. The van der Waals surface area contributed by atoms with Crippen LogP contribution in [-0.4, -0.2) is 92.3 Å². The van der Waals surface area contributed by atoms with Crippen molar-refractivity contribution in [1.82, 2.24) is 30.5 Å². The number of halogens is 1. The molecule has 3 aliphatic carbocycles. The van der Waals surface area contributed by atoms with Crippen molar-refractivity contribution in [3.8, 4) is 22.9 Å². The first kappa shape index (κ1) is 37.6. The van der Waals surface area contributed by atoms with Crippen molar-refractivity contribution in [3.05, 3.63) is 41.3 Å². The maximum Gasteiger partial charge on any atom is 0.408 e. The van der Waals surface area contributed by atoms with Gasteiger partial charge >= 0.3 is 12.1 Å². The molecule has 3 N–H and O–H groups in total. The second-order valence-corrected chi connectivity index (χ2v) is 16.7. The number of carboxylic acid groups (broad SMARTS) is 1. The molecule has 1 aromatic carbocycles. The summed E-state index contributed by atoms with van der Waals surface area (Å²) in [6.07, 6.45) is 5.34. The number of benzene rings is 1. The van der Waals surface area contributed by atoms with Crippen molar-refractivity contribution in [3.63, 3.8) is 0 Å². The van der Waals surface area contributed by atoms with Gasteiger partial charge in [-0.2, -0.15) is 0 Å². The smallest absolute Gasteiger partial charge is 0.408 e. The zero-order valence-electron chi connectivity index (χ0n) is 31.3. The number of nitrogens with one attached hydrogen (secondary N) is 2. The first-order chi connectivity index (χ1) is 25.6. The fourth-order valence-corrected chi connectivity index (χ4v) is 8.49. The number of nitrogens with zero attached hydrogens (tertiary/aromatic N) is 4. The van der Waals surface area contributed by atoms with Gasteiger partial charge in [0.1, 0.15) is 52.0 Å². The number of aliphatic carboxylic acids is 1. The number of carbonyl (C=O) groups excluding carboxylic acids is 3. The van der Waals surface area contributed by atoms with Crippen LogP contribution < -0.4 is 20.1 Å². The number of ether oxygens (including phenoxy) is 3. The highest BCUT2D eigenvalue weighted by molar-refractivity contribution is 6.36. The third-order valence-corrected chi connectivity index (χ3v) is 11.8. The minimum Gasteiger partial charge on any atom is -0.495 e. The van der Waals surface area contributed by atoms with Crippen LogP contribution in [0.25, 0.3) is 22.3 Å². The number of alkyl carbamates (subject to hydrolysis) is 1. The minimum absolute atomic E-state index is 0.0310. The number of aromatic nitrogens is 3. The second kappa shape index (κ2) is 14.2. The van der Waals surface area contributed by atoms with E-state index in [4.69, 9.17) is 30.8 Å². The van der Waals surface area contributed by atoms with E-state index in [9.17, 15) is 24.3 Å². The summed E-state index contributed by atoms with van der Waals surface area (Å²) in [7, 11) is 1.50. The van der Waals surface area contributed by atoms with Crippen LogP contribution in [-0.2, 0) is 19.1 Å². The molecule has 0 radical (unpaired) electrons. The Balaban J connectivity index is 1.21. The van der Waals surface area contributed by atoms with E-state index in [0.29, 0.717) is 64.2 Å². The van der Waals surface area contributed by atoms with Gasteiger partial charge in [0.25, 0.3) is 0 Å². The van der Waals surface area contributed by atoms with Gasteiger partial charge in [0.2, 0.25) is 11.8 Å². The van der Waals surface area contributed by atoms with Gasteiger partial charge in [-0.1, -0.05) is 45.7 Å². The Morgan fingerprint density at radius 3 is 2.41 bits per heavy atom. The van der Waals surface area contributed by atoms with Crippen LogP contribution in [0.5, 0.6) is 11.5 Å². The Bertz CT molecular complexity index is 2000. The maximum absolute atomic E-state index is 14.6. The van der Waals surface area contributed by atoms with Gasteiger partial charge in [0, 0.05) is 24.1 Å². The van der Waals surface area contributed by atoms with Crippen molar-refractivity contribution in [2.45, 2.75) is 103 Å². The number of fused-ring (bicyclic) bond motifs is 2. The standard InChI is InChI=1S/C39H47ClN6O8/c1-7-22-15-39(22,36(49)50)45-34(47)28-13-24(18-46(28)35(48)33(38(3,4)5)44-37(51)54-23-11-20-10-21(20)12-23)53-30-14-26(27-17-41-16-19(2)42-27)43-32-25(30)8-9-29(52-6)31(32)40/h8-9,14,16-17,20-24,28,33H,7,10-13,15,18H2,1-6H3,(H,44,51)(H,45,47)(H,49,50)/t20-,21+,22-,23+,24-,28+,33-,39-/m1/s1. The number of methoxy groups -OCH3 is 1. The molecule has 0 bridgehead atoms. The highest BCUT2D eigenvalue weighted by Crippen LogP contribution is 2.52. The summed E-state index contributed by atoms with van der Waals surface area (Å²) in [6, 6.07) is 3.02. The summed E-state index contributed by atoms with van der Waals surface area (Å²) in [5.74, 6) is -0.459. The normalized spacial score (nSPS) is 27.5. The van der Waals surface area contributed by atoms with Crippen molar-refractivity contribution in [1.29, 1.82) is 0 Å². The van der Waals surface area contributed by atoms with E-state index < -0.39 is 53.0 Å². The van der Waals surface area contributed by atoms with Gasteiger partial charge < -0.3 is 34.9 Å². The highest BCUT2D eigenvalue weighted by Gasteiger charge is 2.61. The molecule has 1 saturated heterocycles. The van der Waals surface area contributed by atoms with Crippen LogP contribution >= 0.6 is 11.6 Å². The van der Waals surface area contributed by atoms with Crippen molar-refractivity contribution < 1.29 is 38.5 Å². The van der Waals surface area contributed by atoms with E-state index in [2.05, 4.69) is 20.6 Å². The molecule has 4 fully saturated rings. The Hall–Kier alpha value is -4.72. The third kappa shape index (κ3) is 7.24. The number of carboxylic acids is 1. The van der Waals surface area contributed by atoms with Gasteiger partial charge in [-0.25, -0.2) is 19.6 Å². The highest BCUT2D eigenvalue weighted by atomic mass is 35.5. The van der Waals surface area contributed by atoms with Crippen LogP contribution in [0.15, 0.2) is 30.6 Å². The van der Waals surface area contributed by atoms with Crippen molar-refractivity contribution >= 4 is 46.4 Å². The van der Waals surface area contributed by atoms with E-state index in [1.165, 1.54) is 18.4 Å². The third-order valence-electron chi connectivity index (χ3n) is 11.4. The molecule has 4 aliphatic rings. The monoisotopic (exact) mass is 762 g/mol. The first-order valence-corrected chi connectivity index (χ1v) is 19.0. The van der Waals surface area contributed by atoms with Gasteiger partial charge in [-0.05, 0) is 67.9 Å². The van der Waals surface area contributed by atoms with Crippen LogP contribution in [0.4, 0.5) is 4.79 Å². The Labute approximate surface area is 318 Å². The molecule has 15 heteroatoms. The minimum atomic E-state index is -1.41. The first-order valence-electron chi connectivity index (χ1n) is 18.6. The summed E-state index contributed by atoms with van der Waals surface area (Å²) in [4.78, 5) is 69.4. The van der Waals surface area contributed by atoms with Crippen molar-refractivity contribution in [2.24, 2.45) is 23.2 Å². The Morgan fingerprint density at radius 2 is 1.78 bits per heavy atom. The lowest BCUT2D eigenvalue weighted by Crippen LogP contribution is -2.59. The molecular weight excluding hydrogens is 716 g/mol. The number of hydrogen-bond acceptors (Lipinski definition) is 10. The van der Waals surface area contributed by atoms with E-state index in [1.54, 1.807) is 30.6 Å². The average Bonchev–Trinajstić information content (AvgIpc) is 3.93. The second-order valence-electron chi connectivity index (χ2n) is 16.3. The zero-order valence-corrected chi connectivity index (χ0v) is 32.1. The Morgan fingerprint density at radius 1 is 1.04 bits per heavy atom.